The molecule has 0 aliphatic carbocycles. The molecule has 4 heteroatoms. The number of hydrogen-bond acceptors (Lipinski definition) is 3. The minimum absolute atomic E-state index is 0.0854. The van der Waals surface area contributed by atoms with Crippen LogP contribution in [0.4, 0.5) is 4.79 Å². The average molecular weight is 497 g/mol. The van der Waals surface area contributed by atoms with Gasteiger partial charge in [-0.25, -0.2) is 4.79 Å². The van der Waals surface area contributed by atoms with Gasteiger partial charge >= 0.3 is 6.09 Å². The van der Waals surface area contributed by atoms with E-state index in [9.17, 15) is 4.79 Å². The molecule has 0 aromatic carbocycles. The van der Waals surface area contributed by atoms with Crippen LogP contribution in [0.15, 0.2) is 0 Å². The van der Waals surface area contributed by atoms with Crippen molar-refractivity contribution in [1.29, 1.82) is 0 Å². The molecule has 0 radical (unpaired) electrons. The SMILES string of the molecule is CCCCCCCCC(CCCCCCC)C(CCCCCCC)OC(=O)N(C)CCCN(C)C. The topological polar surface area (TPSA) is 32.8 Å². The molecule has 0 aliphatic rings. The number of rotatable bonds is 25. The predicted octanol–water partition coefficient (Wildman–Crippen LogP) is 9.46. The zero-order valence-electron chi connectivity index (χ0n) is 24.9. The molecule has 0 saturated heterocycles. The summed E-state index contributed by atoms with van der Waals surface area (Å²) >= 11 is 0. The van der Waals surface area contributed by atoms with Crippen molar-refractivity contribution < 1.29 is 9.53 Å². The van der Waals surface area contributed by atoms with E-state index in [0.717, 1.165) is 25.9 Å². The third-order valence-corrected chi connectivity index (χ3v) is 7.39. The van der Waals surface area contributed by atoms with Gasteiger partial charge in [0.25, 0.3) is 0 Å². The van der Waals surface area contributed by atoms with Gasteiger partial charge < -0.3 is 14.5 Å². The third kappa shape index (κ3) is 21.1. The van der Waals surface area contributed by atoms with Gasteiger partial charge in [0.15, 0.2) is 0 Å². The quantitative estimate of drug-likeness (QED) is 0.118. The van der Waals surface area contributed by atoms with Crippen molar-refractivity contribution in [2.24, 2.45) is 5.92 Å². The predicted molar refractivity (Wildman–Crippen MR) is 154 cm³/mol. The highest BCUT2D eigenvalue weighted by Gasteiger charge is 2.26. The van der Waals surface area contributed by atoms with E-state index in [0.29, 0.717) is 5.92 Å². The Bertz CT molecular complexity index is 455. The summed E-state index contributed by atoms with van der Waals surface area (Å²) in [4.78, 5) is 17.0. The number of ether oxygens (including phenoxy) is 1. The second-order valence-electron chi connectivity index (χ2n) is 11.2. The number of amides is 1. The van der Waals surface area contributed by atoms with Crippen molar-refractivity contribution in [3.05, 3.63) is 0 Å². The van der Waals surface area contributed by atoms with Gasteiger partial charge in [-0.15, -0.1) is 0 Å². The molecule has 4 nitrogen and oxygen atoms in total. The fourth-order valence-electron chi connectivity index (χ4n) is 4.99. The second-order valence-corrected chi connectivity index (χ2v) is 11.2. The Balaban J connectivity index is 5.02. The van der Waals surface area contributed by atoms with Gasteiger partial charge in [0, 0.05) is 13.6 Å². The zero-order valence-corrected chi connectivity index (χ0v) is 24.9. The lowest BCUT2D eigenvalue weighted by Gasteiger charge is -2.30. The first-order valence-corrected chi connectivity index (χ1v) is 15.5. The molecule has 0 rings (SSSR count). The summed E-state index contributed by atoms with van der Waals surface area (Å²) in [6.07, 6.45) is 25.4. The first kappa shape index (κ1) is 34.2. The molecule has 2 unspecified atom stereocenters. The second kappa shape index (κ2) is 24.9. The highest BCUT2D eigenvalue weighted by Crippen LogP contribution is 2.28. The number of carbonyl (C=O) groups is 1. The lowest BCUT2D eigenvalue weighted by molar-refractivity contribution is 0.0264. The van der Waals surface area contributed by atoms with Crippen molar-refractivity contribution >= 4 is 6.09 Å². The van der Waals surface area contributed by atoms with Crippen LogP contribution in [0.5, 0.6) is 0 Å². The highest BCUT2D eigenvalue weighted by atomic mass is 16.6. The Morgan fingerprint density at radius 1 is 0.571 bits per heavy atom. The molecule has 0 heterocycles. The zero-order chi connectivity index (χ0) is 26.2. The third-order valence-electron chi connectivity index (χ3n) is 7.39. The lowest BCUT2D eigenvalue weighted by Crippen LogP contribution is -2.36. The van der Waals surface area contributed by atoms with Gasteiger partial charge in [-0.05, 0) is 58.7 Å². The van der Waals surface area contributed by atoms with Gasteiger partial charge in [0.1, 0.15) is 6.10 Å². The van der Waals surface area contributed by atoms with E-state index >= 15 is 0 Å². The summed E-state index contributed by atoms with van der Waals surface area (Å²) in [5.74, 6) is 0.521. The van der Waals surface area contributed by atoms with Crippen molar-refractivity contribution in [2.45, 2.75) is 155 Å². The summed E-state index contributed by atoms with van der Waals surface area (Å²) in [5, 5.41) is 0. The standard InChI is InChI=1S/C31H64N2O2/c1-7-10-13-16-19-21-25-29(24-20-17-14-11-8-2)30(26-22-18-15-12-9-3)35-31(34)33(6)28-23-27-32(4)5/h29-30H,7-28H2,1-6H3. The molecule has 0 spiro atoms. The Labute approximate surface area is 220 Å². The normalized spacial score (nSPS) is 13.2. The maximum absolute atomic E-state index is 13.0. The molecule has 0 fully saturated rings. The number of nitrogens with zero attached hydrogens (tertiary/aromatic N) is 2. The van der Waals surface area contributed by atoms with Gasteiger partial charge in [-0.2, -0.15) is 0 Å². The van der Waals surface area contributed by atoms with E-state index in [1.54, 1.807) is 4.90 Å². The number of carbonyl (C=O) groups excluding carboxylic acids is 1. The molecule has 1 amide bonds. The van der Waals surface area contributed by atoms with Gasteiger partial charge in [0.2, 0.25) is 0 Å². The van der Waals surface area contributed by atoms with E-state index in [1.807, 2.05) is 7.05 Å². The molecule has 0 aliphatic heterocycles. The largest absolute Gasteiger partial charge is 0.446 e. The molecule has 2 atom stereocenters. The van der Waals surface area contributed by atoms with E-state index in [1.165, 1.54) is 116 Å². The fourth-order valence-corrected chi connectivity index (χ4v) is 4.99. The summed E-state index contributed by atoms with van der Waals surface area (Å²) in [7, 11) is 6.07. The van der Waals surface area contributed by atoms with Crippen molar-refractivity contribution in [3.8, 4) is 0 Å². The van der Waals surface area contributed by atoms with Crippen LogP contribution in [0.2, 0.25) is 0 Å². The van der Waals surface area contributed by atoms with Gasteiger partial charge in [-0.1, -0.05) is 117 Å². The molecule has 0 saturated carbocycles. The van der Waals surface area contributed by atoms with Crippen molar-refractivity contribution in [1.82, 2.24) is 9.80 Å². The van der Waals surface area contributed by atoms with Crippen LogP contribution in [-0.2, 0) is 4.74 Å². The minimum atomic E-state index is -0.110. The van der Waals surface area contributed by atoms with Crippen LogP contribution in [-0.4, -0.2) is 56.2 Å². The van der Waals surface area contributed by atoms with E-state index in [-0.39, 0.29) is 12.2 Å². The lowest BCUT2D eigenvalue weighted by atomic mass is 9.87. The van der Waals surface area contributed by atoms with Crippen LogP contribution in [0.3, 0.4) is 0 Å². The van der Waals surface area contributed by atoms with Crippen LogP contribution in [0.25, 0.3) is 0 Å². The molecule has 0 aromatic heterocycles. The number of hydrogen-bond donors (Lipinski definition) is 0. The Morgan fingerprint density at radius 3 is 1.46 bits per heavy atom. The first-order valence-electron chi connectivity index (χ1n) is 15.5. The summed E-state index contributed by atoms with van der Waals surface area (Å²) in [5.41, 5.74) is 0. The monoisotopic (exact) mass is 496 g/mol. The first-order chi connectivity index (χ1) is 17.0. The van der Waals surface area contributed by atoms with Crippen molar-refractivity contribution in [3.63, 3.8) is 0 Å². The van der Waals surface area contributed by atoms with Crippen LogP contribution < -0.4 is 0 Å². The molecule has 35 heavy (non-hydrogen) atoms. The summed E-state index contributed by atoms with van der Waals surface area (Å²) in [6, 6.07) is 0. The highest BCUT2D eigenvalue weighted by molar-refractivity contribution is 5.67. The number of unbranched alkanes of at least 4 members (excludes halogenated alkanes) is 13. The fraction of sp³-hybridized carbons (Fsp3) is 0.968. The molecular weight excluding hydrogens is 432 g/mol. The Morgan fingerprint density at radius 2 is 1.00 bits per heavy atom. The summed E-state index contributed by atoms with van der Waals surface area (Å²) < 4.78 is 6.29. The maximum atomic E-state index is 13.0. The molecule has 0 N–H and O–H groups in total. The average Bonchev–Trinajstić information content (AvgIpc) is 2.83. The maximum Gasteiger partial charge on any atom is 0.409 e. The van der Waals surface area contributed by atoms with E-state index in [4.69, 9.17) is 4.74 Å². The van der Waals surface area contributed by atoms with Crippen molar-refractivity contribution in [2.75, 3.05) is 34.2 Å². The van der Waals surface area contributed by atoms with Gasteiger partial charge in [-0.3, -0.25) is 0 Å². The van der Waals surface area contributed by atoms with E-state index < -0.39 is 0 Å². The summed E-state index contributed by atoms with van der Waals surface area (Å²) in [6.45, 7) is 8.60. The Kier molecular flexibility index (Phi) is 24.4. The smallest absolute Gasteiger partial charge is 0.409 e. The van der Waals surface area contributed by atoms with E-state index in [2.05, 4.69) is 39.8 Å². The van der Waals surface area contributed by atoms with Crippen LogP contribution >= 0.6 is 0 Å². The molecule has 210 valence electrons. The molecule has 0 bridgehead atoms. The minimum Gasteiger partial charge on any atom is -0.446 e. The van der Waals surface area contributed by atoms with Crippen LogP contribution in [0.1, 0.15) is 149 Å². The molecular formula is C31H64N2O2. The van der Waals surface area contributed by atoms with Crippen LogP contribution in [0, 0.1) is 5.92 Å². The molecule has 0 aromatic rings. The van der Waals surface area contributed by atoms with Gasteiger partial charge in [0.05, 0.1) is 0 Å². The Hall–Kier alpha value is -0.770.